The average molecular weight is 246 g/mol. The highest BCUT2D eigenvalue weighted by molar-refractivity contribution is 5.52. The number of fused-ring (bicyclic) bond motifs is 2. The maximum Gasteiger partial charge on any atom is 0.0598 e. The first-order valence-corrected chi connectivity index (χ1v) is 6.89. The van der Waals surface area contributed by atoms with Crippen LogP contribution >= 0.6 is 0 Å². The molecule has 3 heterocycles. The smallest absolute Gasteiger partial charge is 0.0598 e. The molecule has 1 aromatic rings. The number of aromatic nitrogens is 1. The van der Waals surface area contributed by atoms with Gasteiger partial charge < -0.3 is 10.6 Å². The Morgan fingerprint density at radius 2 is 2.17 bits per heavy atom. The van der Waals surface area contributed by atoms with E-state index in [0.717, 1.165) is 19.1 Å². The van der Waals surface area contributed by atoms with Crippen LogP contribution < -0.4 is 10.6 Å². The zero-order valence-electron chi connectivity index (χ0n) is 11.0. The second-order valence-corrected chi connectivity index (χ2v) is 5.49. The van der Waals surface area contributed by atoms with E-state index in [9.17, 15) is 0 Å². The van der Waals surface area contributed by atoms with E-state index in [1.165, 1.54) is 30.5 Å². The first kappa shape index (κ1) is 11.9. The molecule has 0 amide bonds. The van der Waals surface area contributed by atoms with Gasteiger partial charge in [0, 0.05) is 37.9 Å². The van der Waals surface area contributed by atoms with E-state index in [0.29, 0.717) is 12.6 Å². The Kier molecular flexibility index (Phi) is 3.22. The highest BCUT2D eigenvalue weighted by Crippen LogP contribution is 2.31. The van der Waals surface area contributed by atoms with Gasteiger partial charge in [-0.3, -0.25) is 9.88 Å². The van der Waals surface area contributed by atoms with Gasteiger partial charge in [0.05, 0.1) is 11.9 Å². The zero-order valence-corrected chi connectivity index (χ0v) is 11.0. The maximum absolute atomic E-state index is 5.83. The van der Waals surface area contributed by atoms with Crippen LogP contribution in [0.4, 0.5) is 5.69 Å². The van der Waals surface area contributed by atoms with Crippen LogP contribution in [0.3, 0.4) is 0 Å². The highest BCUT2D eigenvalue weighted by atomic mass is 15.3. The predicted molar refractivity (Wildman–Crippen MR) is 73.5 cm³/mol. The maximum atomic E-state index is 5.83. The fraction of sp³-hybridized carbons (Fsp3) is 0.643. The molecular weight excluding hydrogens is 224 g/mol. The molecule has 0 aromatic carbocycles. The summed E-state index contributed by atoms with van der Waals surface area (Å²) in [5, 5.41) is 0. The minimum atomic E-state index is 0.596. The van der Waals surface area contributed by atoms with E-state index in [1.807, 2.05) is 18.5 Å². The molecule has 2 fully saturated rings. The van der Waals surface area contributed by atoms with Crippen LogP contribution in [0.2, 0.25) is 0 Å². The summed E-state index contributed by atoms with van der Waals surface area (Å²) in [6, 6.07) is 3.52. The molecule has 4 heteroatoms. The molecule has 2 saturated heterocycles. The first-order valence-electron chi connectivity index (χ1n) is 6.89. The topological polar surface area (TPSA) is 45.4 Å². The third kappa shape index (κ3) is 1.99. The van der Waals surface area contributed by atoms with Gasteiger partial charge in [-0.25, -0.2) is 0 Å². The van der Waals surface area contributed by atoms with E-state index in [2.05, 4.69) is 21.8 Å². The largest absolute Gasteiger partial charge is 0.368 e. The van der Waals surface area contributed by atoms with Crippen molar-refractivity contribution in [1.29, 1.82) is 0 Å². The van der Waals surface area contributed by atoms with E-state index in [-0.39, 0.29) is 0 Å². The molecule has 2 N–H and O–H groups in total. The number of nitrogens with two attached hydrogens (primary N) is 1. The molecule has 18 heavy (non-hydrogen) atoms. The number of nitrogens with zero attached hydrogens (tertiary/aromatic N) is 3. The van der Waals surface area contributed by atoms with Crippen molar-refractivity contribution in [2.24, 2.45) is 5.73 Å². The van der Waals surface area contributed by atoms with Crippen molar-refractivity contribution in [3.8, 4) is 0 Å². The van der Waals surface area contributed by atoms with E-state index in [4.69, 9.17) is 5.73 Å². The fourth-order valence-corrected chi connectivity index (χ4v) is 3.40. The lowest BCUT2D eigenvalue weighted by Gasteiger charge is -2.28. The molecular formula is C14H22N4. The van der Waals surface area contributed by atoms with Crippen LogP contribution in [0, 0.1) is 0 Å². The van der Waals surface area contributed by atoms with Crippen LogP contribution in [0.15, 0.2) is 18.5 Å². The number of likely N-dealkylation sites (N-methyl/N-ethyl adjacent to an activating group) is 1. The number of hydrogen-bond acceptors (Lipinski definition) is 4. The second kappa shape index (κ2) is 4.86. The average Bonchev–Trinajstić information content (AvgIpc) is 2.63. The van der Waals surface area contributed by atoms with Crippen molar-refractivity contribution < 1.29 is 0 Å². The van der Waals surface area contributed by atoms with Gasteiger partial charge in [0.2, 0.25) is 0 Å². The first-order chi connectivity index (χ1) is 8.79. The van der Waals surface area contributed by atoms with Gasteiger partial charge in [-0.05, 0) is 37.9 Å². The molecule has 0 aliphatic carbocycles. The summed E-state index contributed by atoms with van der Waals surface area (Å²) in [4.78, 5) is 9.32. The summed E-state index contributed by atoms with van der Waals surface area (Å²) < 4.78 is 0. The van der Waals surface area contributed by atoms with E-state index >= 15 is 0 Å². The zero-order chi connectivity index (χ0) is 12.5. The van der Waals surface area contributed by atoms with Gasteiger partial charge in [-0.15, -0.1) is 0 Å². The Bertz CT molecular complexity index is 420. The van der Waals surface area contributed by atoms with Gasteiger partial charge in [-0.2, -0.15) is 0 Å². The number of pyridine rings is 1. The molecule has 3 rings (SSSR count). The summed E-state index contributed by atoms with van der Waals surface area (Å²) in [6.07, 6.45) is 7.76. The van der Waals surface area contributed by atoms with Crippen LogP contribution in [0.25, 0.3) is 0 Å². The van der Waals surface area contributed by atoms with Crippen LogP contribution in [-0.4, -0.2) is 42.1 Å². The Labute approximate surface area is 109 Å². The molecule has 4 nitrogen and oxygen atoms in total. The molecule has 98 valence electrons. The summed E-state index contributed by atoms with van der Waals surface area (Å²) in [5.74, 6) is 0. The Balaban J connectivity index is 1.84. The van der Waals surface area contributed by atoms with Crippen molar-refractivity contribution in [2.45, 2.75) is 37.9 Å². The van der Waals surface area contributed by atoms with Crippen molar-refractivity contribution in [2.75, 3.05) is 25.0 Å². The normalized spacial score (nSPS) is 28.4. The third-order valence-electron chi connectivity index (χ3n) is 4.60. The highest BCUT2D eigenvalue weighted by Gasteiger charge is 2.34. The van der Waals surface area contributed by atoms with Gasteiger partial charge in [0.15, 0.2) is 0 Å². The Morgan fingerprint density at radius 1 is 1.33 bits per heavy atom. The summed E-state index contributed by atoms with van der Waals surface area (Å²) in [7, 11) is 2.28. The molecule has 0 radical (unpaired) electrons. The molecule has 2 aliphatic heterocycles. The lowest BCUT2D eigenvalue weighted by atomic mass is 10.1. The minimum absolute atomic E-state index is 0.596. The lowest BCUT2D eigenvalue weighted by molar-refractivity contribution is 0.254. The lowest BCUT2D eigenvalue weighted by Crippen LogP contribution is -2.37. The standard InChI is InChI=1S/C14H22N4/c1-17-12-2-3-13(17)10-18(7-5-12)14-9-16-6-4-11(14)8-15/h4,6,9,12-13H,2-3,5,7-8,10,15H2,1H3. The Morgan fingerprint density at radius 3 is 3.00 bits per heavy atom. The predicted octanol–water partition coefficient (Wildman–Crippen LogP) is 1.21. The van der Waals surface area contributed by atoms with Gasteiger partial charge in [0.1, 0.15) is 0 Å². The monoisotopic (exact) mass is 246 g/mol. The summed E-state index contributed by atoms with van der Waals surface area (Å²) >= 11 is 0. The van der Waals surface area contributed by atoms with Crippen molar-refractivity contribution in [3.05, 3.63) is 24.0 Å². The van der Waals surface area contributed by atoms with Gasteiger partial charge in [-0.1, -0.05) is 0 Å². The summed E-state index contributed by atoms with van der Waals surface area (Å²) in [6.45, 7) is 2.84. The van der Waals surface area contributed by atoms with Crippen molar-refractivity contribution in [1.82, 2.24) is 9.88 Å². The van der Waals surface area contributed by atoms with Gasteiger partial charge >= 0.3 is 0 Å². The number of hydrogen-bond donors (Lipinski definition) is 1. The molecule has 2 atom stereocenters. The number of anilines is 1. The quantitative estimate of drug-likeness (QED) is 0.852. The molecule has 0 saturated carbocycles. The van der Waals surface area contributed by atoms with Crippen LogP contribution in [0.5, 0.6) is 0 Å². The minimum Gasteiger partial charge on any atom is -0.368 e. The number of rotatable bonds is 2. The molecule has 0 spiro atoms. The van der Waals surface area contributed by atoms with E-state index < -0.39 is 0 Å². The molecule has 2 aliphatic rings. The van der Waals surface area contributed by atoms with Crippen LogP contribution in [0.1, 0.15) is 24.8 Å². The molecule has 2 bridgehead atoms. The van der Waals surface area contributed by atoms with Crippen molar-refractivity contribution >= 4 is 5.69 Å². The summed E-state index contributed by atoms with van der Waals surface area (Å²) in [5.41, 5.74) is 8.29. The van der Waals surface area contributed by atoms with E-state index in [1.54, 1.807) is 0 Å². The van der Waals surface area contributed by atoms with Crippen molar-refractivity contribution in [3.63, 3.8) is 0 Å². The third-order valence-corrected chi connectivity index (χ3v) is 4.60. The second-order valence-electron chi connectivity index (χ2n) is 5.49. The van der Waals surface area contributed by atoms with Crippen LogP contribution in [-0.2, 0) is 6.54 Å². The Hall–Kier alpha value is -1.13. The fourth-order valence-electron chi connectivity index (χ4n) is 3.40. The SMILES string of the molecule is CN1C2CCC1CN(c1cnccc1CN)CC2. The van der Waals surface area contributed by atoms with Gasteiger partial charge in [0.25, 0.3) is 0 Å². The molecule has 1 aromatic heterocycles. The molecule has 2 unspecified atom stereocenters.